The van der Waals surface area contributed by atoms with Crippen molar-refractivity contribution < 1.29 is 4.79 Å². The molecule has 3 aromatic rings. The molecule has 1 amide bonds. The lowest BCUT2D eigenvalue weighted by Gasteiger charge is -2.02. The first-order valence-electron chi connectivity index (χ1n) is 7.10. The minimum atomic E-state index is -0.319. The molecule has 0 saturated heterocycles. The van der Waals surface area contributed by atoms with Crippen molar-refractivity contribution in [2.24, 2.45) is 5.10 Å². The molecule has 2 aromatic heterocycles. The number of benzene rings is 1. The van der Waals surface area contributed by atoms with Gasteiger partial charge in [0.1, 0.15) is 24.4 Å². The average molecular weight is 344 g/mol. The second kappa shape index (κ2) is 7.05. The molecule has 9 heteroatoms. The van der Waals surface area contributed by atoms with Crippen LogP contribution in [0.3, 0.4) is 0 Å². The van der Waals surface area contributed by atoms with Crippen molar-refractivity contribution in [1.29, 1.82) is 0 Å². The van der Waals surface area contributed by atoms with Gasteiger partial charge in [0, 0.05) is 0 Å². The monoisotopic (exact) mass is 343 g/mol. The minimum absolute atomic E-state index is 0.0351. The minimum Gasteiger partial charge on any atom is -0.271 e. The predicted octanol–water partition coefficient (Wildman–Crippen LogP) is 1.58. The number of aryl methyl sites for hydroxylation is 1. The zero-order valence-electron chi connectivity index (χ0n) is 12.8. The predicted molar refractivity (Wildman–Crippen MR) is 89.1 cm³/mol. The summed E-state index contributed by atoms with van der Waals surface area (Å²) in [5.74, 6) is -0.319. The lowest BCUT2D eigenvalue weighted by atomic mass is 10.3. The van der Waals surface area contributed by atoms with Gasteiger partial charge in [-0.15, -0.1) is 0 Å². The third-order valence-corrected chi connectivity index (χ3v) is 3.57. The van der Waals surface area contributed by atoms with Crippen LogP contribution in [0.2, 0.25) is 5.15 Å². The third kappa shape index (κ3) is 3.49. The molecule has 1 aromatic carbocycles. The van der Waals surface area contributed by atoms with Crippen LogP contribution in [0.5, 0.6) is 0 Å². The lowest BCUT2D eigenvalue weighted by molar-refractivity contribution is -0.121. The summed E-state index contributed by atoms with van der Waals surface area (Å²) in [5, 5.41) is 12.6. The fourth-order valence-electron chi connectivity index (χ4n) is 2.06. The quantitative estimate of drug-likeness (QED) is 0.562. The lowest BCUT2D eigenvalue weighted by Crippen LogP contribution is -2.23. The van der Waals surface area contributed by atoms with Crippen LogP contribution >= 0.6 is 11.6 Å². The molecule has 0 aliphatic carbocycles. The standard InChI is InChI=1S/C15H14ClN7O/c1-11-13(7-18-20-14(24)8-22-10-17-9-19-22)15(16)23(21-11)12-5-3-2-4-6-12/h2-7,9-10H,8H2,1H3,(H,20,24)/b18-7+. The van der Waals surface area contributed by atoms with Crippen molar-refractivity contribution in [1.82, 2.24) is 30.0 Å². The van der Waals surface area contributed by atoms with Crippen LogP contribution in [0.1, 0.15) is 11.3 Å². The number of nitrogens with one attached hydrogen (secondary N) is 1. The van der Waals surface area contributed by atoms with E-state index in [1.807, 2.05) is 37.3 Å². The summed E-state index contributed by atoms with van der Waals surface area (Å²) in [6, 6.07) is 9.53. The number of rotatable bonds is 5. The number of amides is 1. The van der Waals surface area contributed by atoms with E-state index in [9.17, 15) is 4.79 Å². The van der Waals surface area contributed by atoms with Gasteiger partial charge in [-0.25, -0.2) is 19.8 Å². The van der Waals surface area contributed by atoms with Gasteiger partial charge in [0.15, 0.2) is 0 Å². The molecule has 0 aliphatic rings. The molecule has 0 fully saturated rings. The number of carbonyl (C=O) groups is 1. The molecule has 0 atom stereocenters. The Morgan fingerprint density at radius 1 is 1.38 bits per heavy atom. The molecule has 122 valence electrons. The molecule has 1 N–H and O–H groups in total. The highest BCUT2D eigenvalue weighted by atomic mass is 35.5. The van der Waals surface area contributed by atoms with Gasteiger partial charge >= 0.3 is 0 Å². The van der Waals surface area contributed by atoms with Crippen LogP contribution in [0.15, 0.2) is 48.1 Å². The Morgan fingerprint density at radius 3 is 2.88 bits per heavy atom. The van der Waals surface area contributed by atoms with Crippen LogP contribution in [0.25, 0.3) is 5.69 Å². The fraction of sp³-hybridized carbons (Fsp3) is 0.133. The molecule has 0 bridgehead atoms. The van der Waals surface area contributed by atoms with Crippen molar-refractivity contribution in [2.45, 2.75) is 13.5 Å². The van der Waals surface area contributed by atoms with Crippen molar-refractivity contribution in [2.75, 3.05) is 0 Å². The number of hydrazone groups is 1. The zero-order valence-corrected chi connectivity index (χ0v) is 13.6. The van der Waals surface area contributed by atoms with Gasteiger partial charge in [-0.2, -0.15) is 15.3 Å². The fourth-order valence-corrected chi connectivity index (χ4v) is 2.38. The van der Waals surface area contributed by atoms with E-state index in [0.29, 0.717) is 16.4 Å². The van der Waals surface area contributed by atoms with Gasteiger partial charge in [-0.3, -0.25) is 4.79 Å². The van der Waals surface area contributed by atoms with E-state index in [0.717, 1.165) is 5.69 Å². The molecule has 24 heavy (non-hydrogen) atoms. The summed E-state index contributed by atoms with van der Waals surface area (Å²) in [6.45, 7) is 1.86. The van der Waals surface area contributed by atoms with Crippen molar-refractivity contribution in [3.63, 3.8) is 0 Å². The van der Waals surface area contributed by atoms with E-state index >= 15 is 0 Å². The van der Waals surface area contributed by atoms with Crippen molar-refractivity contribution >= 4 is 23.7 Å². The van der Waals surface area contributed by atoms with Gasteiger partial charge in [0.05, 0.1) is 23.2 Å². The van der Waals surface area contributed by atoms with E-state index in [2.05, 4.69) is 25.7 Å². The number of hydrogen-bond donors (Lipinski definition) is 1. The highest BCUT2D eigenvalue weighted by Crippen LogP contribution is 2.21. The maximum atomic E-state index is 11.7. The van der Waals surface area contributed by atoms with Crippen LogP contribution in [-0.2, 0) is 11.3 Å². The number of para-hydroxylation sites is 1. The number of nitrogens with zero attached hydrogens (tertiary/aromatic N) is 6. The van der Waals surface area contributed by atoms with Crippen LogP contribution < -0.4 is 5.43 Å². The molecule has 0 unspecified atom stereocenters. The first-order chi connectivity index (χ1) is 11.6. The van der Waals surface area contributed by atoms with Crippen LogP contribution in [-0.4, -0.2) is 36.7 Å². The largest absolute Gasteiger partial charge is 0.271 e. The van der Waals surface area contributed by atoms with Crippen molar-refractivity contribution in [3.05, 3.63) is 59.4 Å². The van der Waals surface area contributed by atoms with E-state index in [1.54, 1.807) is 4.68 Å². The summed E-state index contributed by atoms with van der Waals surface area (Å²) < 4.78 is 3.02. The summed E-state index contributed by atoms with van der Waals surface area (Å²) >= 11 is 6.37. The van der Waals surface area contributed by atoms with Gasteiger partial charge in [-0.05, 0) is 19.1 Å². The Balaban J connectivity index is 1.71. The van der Waals surface area contributed by atoms with E-state index in [-0.39, 0.29) is 12.5 Å². The average Bonchev–Trinajstić information content (AvgIpc) is 3.18. The summed E-state index contributed by atoms with van der Waals surface area (Å²) in [7, 11) is 0. The molecular formula is C15H14ClN7O. The molecule has 8 nitrogen and oxygen atoms in total. The van der Waals surface area contributed by atoms with Crippen LogP contribution in [0.4, 0.5) is 0 Å². The van der Waals surface area contributed by atoms with E-state index in [4.69, 9.17) is 11.6 Å². The van der Waals surface area contributed by atoms with E-state index in [1.165, 1.54) is 23.6 Å². The Kier molecular flexibility index (Phi) is 4.66. The summed E-state index contributed by atoms with van der Waals surface area (Å²) in [5.41, 5.74) is 4.61. The second-order valence-corrected chi connectivity index (χ2v) is 5.28. The molecular weight excluding hydrogens is 330 g/mol. The van der Waals surface area contributed by atoms with Crippen molar-refractivity contribution in [3.8, 4) is 5.69 Å². The van der Waals surface area contributed by atoms with Gasteiger partial charge in [0.2, 0.25) is 0 Å². The summed E-state index contributed by atoms with van der Waals surface area (Å²) in [4.78, 5) is 15.5. The SMILES string of the molecule is Cc1nn(-c2ccccc2)c(Cl)c1/C=N/NC(=O)Cn1cncn1. The Labute approximate surface area is 142 Å². The normalized spacial score (nSPS) is 11.1. The Hall–Kier alpha value is -3.00. The molecule has 0 saturated carbocycles. The first-order valence-corrected chi connectivity index (χ1v) is 7.48. The Morgan fingerprint density at radius 2 is 2.17 bits per heavy atom. The number of hydrogen-bond acceptors (Lipinski definition) is 5. The van der Waals surface area contributed by atoms with Crippen LogP contribution in [0, 0.1) is 6.92 Å². The zero-order chi connectivity index (χ0) is 16.9. The maximum Gasteiger partial charge on any atom is 0.261 e. The van der Waals surface area contributed by atoms with Gasteiger partial charge in [-0.1, -0.05) is 29.8 Å². The summed E-state index contributed by atoms with van der Waals surface area (Å²) in [6.07, 6.45) is 4.29. The van der Waals surface area contributed by atoms with Gasteiger partial charge in [0.25, 0.3) is 5.91 Å². The highest BCUT2D eigenvalue weighted by molar-refractivity contribution is 6.32. The molecule has 3 rings (SSSR count). The smallest absolute Gasteiger partial charge is 0.261 e. The number of aromatic nitrogens is 5. The maximum absolute atomic E-state index is 11.7. The first kappa shape index (κ1) is 15.9. The molecule has 0 aliphatic heterocycles. The second-order valence-electron chi connectivity index (χ2n) is 4.92. The van der Waals surface area contributed by atoms with Gasteiger partial charge < -0.3 is 0 Å². The molecule has 2 heterocycles. The topological polar surface area (TPSA) is 90.0 Å². The van der Waals surface area contributed by atoms with E-state index < -0.39 is 0 Å². The molecule has 0 spiro atoms. The number of carbonyl (C=O) groups excluding carboxylic acids is 1. The Bertz CT molecular complexity index is 856. The highest BCUT2D eigenvalue weighted by Gasteiger charge is 2.13. The molecule has 0 radical (unpaired) electrons. The third-order valence-electron chi connectivity index (χ3n) is 3.20. The number of halogens is 1.